The van der Waals surface area contributed by atoms with Crippen LogP contribution >= 0.6 is 0 Å². The summed E-state index contributed by atoms with van der Waals surface area (Å²) in [5, 5.41) is 18.0. The zero-order valence-corrected chi connectivity index (χ0v) is 20.5. The predicted molar refractivity (Wildman–Crippen MR) is 121 cm³/mol. The van der Waals surface area contributed by atoms with Gasteiger partial charge in [-0.2, -0.15) is 18.4 Å². The first kappa shape index (κ1) is 27.5. The molecule has 38 heavy (non-hydrogen) atoms. The van der Waals surface area contributed by atoms with Crippen molar-refractivity contribution in [2.24, 2.45) is 22.5 Å². The maximum Gasteiger partial charge on any atom is 0.417 e. The molecule has 1 aromatic carbocycles. The number of methoxy groups -OCH3 is 1. The summed E-state index contributed by atoms with van der Waals surface area (Å²) in [6.07, 6.45) is -5.93. The minimum absolute atomic E-state index is 0.0160. The van der Waals surface area contributed by atoms with Gasteiger partial charge in [-0.3, -0.25) is 14.6 Å². The second kappa shape index (κ2) is 9.02. The predicted octanol–water partition coefficient (Wildman–Crippen LogP) is 2.94. The van der Waals surface area contributed by atoms with Crippen LogP contribution in [0.25, 0.3) is 11.1 Å². The molecule has 0 radical (unpaired) electrons. The Morgan fingerprint density at radius 1 is 1.21 bits per heavy atom. The molecule has 2 aromatic rings. The third kappa shape index (κ3) is 4.10. The Labute approximate surface area is 214 Å². The third-order valence-corrected chi connectivity index (χ3v) is 9.80. The number of carbonyl (C=O) groups excluding carboxylic acids is 1. The van der Waals surface area contributed by atoms with Gasteiger partial charge in [0.2, 0.25) is 5.91 Å². The van der Waals surface area contributed by atoms with Gasteiger partial charge in [-0.25, -0.2) is 12.8 Å². The standard InChI is InChI=1S/C24H21F4N3O6S/c1-37-19-6-15(7-23(19,21(33)34)18-8-22(18,11-29)20(30)32)38(35,36)17-3-2-12(5-16(17)24(26,27)28)13-4-14(25)10-31-9-13/h2-5,9-10,15,18-19H,6-8H2,1H3,(H2,30,32)(H,33,34)/t15-,18?,19+,22?,23+/m1/s1. The van der Waals surface area contributed by atoms with Crippen LogP contribution in [-0.2, 0) is 30.3 Å². The van der Waals surface area contributed by atoms with Crippen molar-refractivity contribution in [2.75, 3.05) is 7.11 Å². The first-order valence-electron chi connectivity index (χ1n) is 11.2. The van der Waals surface area contributed by atoms with Gasteiger partial charge in [0.1, 0.15) is 16.6 Å². The second-order valence-corrected chi connectivity index (χ2v) is 11.7. The second-order valence-electron chi connectivity index (χ2n) is 9.48. The van der Waals surface area contributed by atoms with Gasteiger partial charge >= 0.3 is 12.1 Å². The number of rotatable bonds is 7. The molecule has 14 heteroatoms. The number of primary amides is 1. The number of benzene rings is 1. The summed E-state index contributed by atoms with van der Waals surface area (Å²) in [6, 6.07) is 5.03. The van der Waals surface area contributed by atoms with Crippen molar-refractivity contribution in [3.63, 3.8) is 0 Å². The quantitative estimate of drug-likeness (QED) is 0.493. The van der Waals surface area contributed by atoms with E-state index in [0.29, 0.717) is 6.07 Å². The smallest absolute Gasteiger partial charge is 0.417 e. The highest BCUT2D eigenvalue weighted by Gasteiger charge is 2.75. The first-order chi connectivity index (χ1) is 17.6. The first-order valence-corrected chi connectivity index (χ1v) is 12.7. The van der Waals surface area contributed by atoms with Crippen LogP contribution in [0.15, 0.2) is 41.6 Å². The third-order valence-electron chi connectivity index (χ3n) is 7.59. The normalized spacial score (nSPS) is 29.0. The van der Waals surface area contributed by atoms with Crippen molar-refractivity contribution in [1.29, 1.82) is 5.26 Å². The van der Waals surface area contributed by atoms with Crippen LogP contribution in [0.1, 0.15) is 24.8 Å². The number of hydrogen-bond donors (Lipinski definition) is 2. The number of aromatic nitrogens is 1. The van der Waals surface area contributed by atoms with Gasteiger partial charge in [-0.05, 0) is 43.0 Å². The van der Waals surface area contributed by atoms with E-state index in [-0.39, 0.29) is 17.5 Å². The van der Waals surface area contributed by atoms with Crippen LogP contribution in [0.3, 0.4) is 0 Å². The molecular formula is C24H21F4N3O6S. The molecule has 2 saturated carbocycles. The van der Waals surface area contributed by atoms with Crippen LogP contribution in [-0.4, -0.2) is 48.8 Å². The Morgan fingerprint density at radius 2 is 1.89 bits per heavy atom. The summed E-state index contributed by atoms with van der Waals surface area (Å²) in [5.41, 5.74) is -0.247. The fourth-order valence-corrected chi connectivity index (χ4v) is 7.61. The summed E-state index contributed by atoms with van der Waals surface area (Å²) in [7, 11) is -3.72. The molecule has 0 saturated heterocycles. The van der Waals surface area contributed by atoms with E-state index < -0.39 is 85.1 Å². The molecule has 9 nitrogen and oxygen atoms in total. The Bertz CT molecular complexity index is 1470. The number of halogens is 4. The summed E-state index contributed by atoms with van der Waals surface area (Å²) in [5.74, 6) is -4.62. The van der Waals surface area contributed by atoms with Crippen molar-refractivity contribution in [3.05, 3.63) is 48.0 Å². The van der Waals surface area contributed by atoms with Crippen molar-refractivity contribution >= 4 is 21.7 Å². The van der Waals surface area contributed by atoms with Crippen molar-refractivity contribution < 1.29 is 45.4 Å². The highest BCUT2D eigenvalue weighted by Crippen LogP contribution is 2.66. The van der Waals surface area contributed by atoms with E-state index in [4.69, 9.17) is 10.5 Å². The highest BCUT2D eigenvalue weighted by atomic mass is 32.2. The molecule has 4 rings (SSSR count). The van der Waals surface area contributed by atoms with E-state index >= 15 is 0 Å². The zero-order valence-electron chi connectivity index (χ0n) is 19.7. The van der Waals surface area contributed by atoms with Gasteiger partial charge < -0.3 is 15.6 Å². The highest BCUT2D eigenvalue weighted by molar-refractivity contribution is 7.92. The molecule has 1 amide bonds. The molecule has 2 fully saturated rings. The number of aliphatic carboxylic acids is 1. The van der Waals surface area contributed by atoms with Crippen molar-refractivity contribution in [1.82, 2.24) is 4.98 Å². The molecule has 0 aliphatic heterocycles. The minimum atomic E-state index is -5.14. The lowest BCUT2D eigenvalue weighted by molar-refractivity contribution is -0.159. The van der Waals surface area contributed by atoms with Gasteiger partial charge in [0, 0.05) is 24.8 Å². The number of nitrogens with zero attached hydrogens (tertiary/aromatic N) is 2. The van der Waals surface area contributed by atoms with E-state index in [0.717, 1.165) is 37.7 Å². The lowest BCUT2D eigenvalue weighted by atomic mass is 9.75. The molecular weight excluding hydrogens is 534 g/mol. The fourth-order valence-electron chi connectivity index (χ4n) is 5.59. The largest absolute Gasteiger partial charge is 0.481 e. The number of sulfone groups is 1. The molecule has 5 atom stereocenters. The van der Waals surface area contributed by atoms with Crippen LogP contribution in [0.4, 0.5) is 17.6 Å². The number of nitrogens with two attached hydrogens (primary N) is 1. The topological polar surface area (TPSA) is 160 Å². The summed E-state index contributed by atoms with van der Waals surface area (Å²) in [6.45, 7) is 0. The van der Waals surface area contributed by atoms with E-state index in [1.807, 2.05) is 0 Å². The molecule has 2 unspecified atom stereocenters. The number of amides is 1. The summed E-state index contributed by atoms with van der Waals surface area (Å²) in [4.78, 5) is 27.0. The average Bonchev–Trinajstić information content (AvgIpc) is 3.48. The van der Waals surface area contributed by atoms with Crippen molar-refractivity contribution in [2.45, 2.75) is 41.7 Å². The number of carboxylic acids is 1. The van der Waals surface area contributed by atoms with Gasteiger partial charge in [-0.15, -0.1) is 0 Å². The number of nitriles is 1. The van der Waals surface area contributed by atoms with E-state index in [9.17, 15) is 45.9 Å². The molecule has 1 aromatic heterocycles. The van der Waals surface area contributed by atoms with Gasteiger partial charge in [-0.1, -0.05) is 6.07 Å². The van der Waals surface area contributed by atoms with Crippen LogP contribution in [0.2, 0.25) is 0 Å². The number of hydrogen-bond acceptors (Lipinski definition) is 7. The molecule has 3 N–H and O–H groups in total. The zero-order chi connectivity index (χ0) is 28.3. The minimum Gasteiger partial charge on any atom is -0.481 e. The molecule has 2 aliphatic rings. The van der Waals surface area contributed by atoms with Gasteiger partial charge in [0.25, 0.3) is 0 Å². The van der Waals surface area contributed by atoms with Gasteiger partial charge in [0.05, 0.1) is 34.1 Å². The Balaban J connectivity index is 1.80. The number of carboxylic acid groups (broad SMARTS) is 1. The van der Waals surface area contributed by atoms with Crippen LogP contribution < -0.4 is 5.73 Å². The Hall–Kier alpha value is -3.57. The molecule has 202 valence electrons. The summed E-state index contributed by atoms with van der Waals surface area (Å²) >= 11 is 0. The Morgan fingerprint density at radius 3 is 2.39 bits per heavy atom. The monoisotopic (exact) mass is 555 g/mol. The average molecular weight is 556 g/mol. The fraction of sp³-hybridized carbons (Fsp3) is 0.417. The Kier molecular flexibility index (Phi) is 6.52. The molecule has 0 spiro atoms. The van der Waals surface area contributed by atoms with Crippen molar-refractivity contribution in [3.8, 4) is 17.2 Å². The maximum atomic E-state index is 14.1. The van der Waals surface area contributed by atoms with Crippen LogP contribution in [0, 0.1) is 33.9 Å². The maximum absolute atomic E-state index is 14.1. The molecule has 1 heterocycles. The van der Waals surface area contributed by atoms with E-state index in [2.05, 4.69) is 4.98 Å². The lowest BCUT2D eigenvalue weighted by Gasteiger charge is -2.31. The number of alkyl halides is 3. The van der Waals surface area contributed by atoms with Crippen LogP contribution in [0.5, 0.6) is 0 Å². The van der Waals surface area contributed by atoms with Gasteiger partial charge in [0.15, 0.2) is 9.84 Å². The lowest BCUT2D eigenvalue weighted by Crippen LogP contribution is -2.44. The molecule has 0 bridgehead atoms. The number of ether oxygens (including phenoxy) is 1. The van der Waals surface area contributed by atoms with E-state index in [1.165, 1.54) is 0 Å². The number of pyridine rings is 1. The van der Waals surface area contributed by atoms with E-state index in [1.54, 1.807) is 6.07 Å². The SMILES string of the molecule is CO[C@H]1C[C@@H](S(=O)(=O)c2ccc(-c3cncc(F)c3)cc2C(F)(F)F)C[C@]1(C(=O)O)C1CC1(C#N)C(N)=O. The molecule has 2 aliphatic carbocycles. The summed E-state index contributed by atoms with van der Waals surface area (Å²) < 4.78 is 88.3. The number of carbonyl (C=O) groups is 2.